The Labute approximate surface area is 132 Å². The van der Waals surface area contributed by atoms with Crippen LogP contribution >= 0.6 is 22.9 Å². The number of nitrogens with zero attached hydrogens (tertiary/aromatic N) is 1. The Hall–Kier alpha value is -2.44. The van der Waals surface area contributed by atoms with Crippen LogP contribution in [0.1, 0.15) is 0 Å². The van der Waals surface area contributed by atoms with E-state index >= 15 is 0 Å². The van der Waals surface area contributed by atoms with E-state index in [4.69, 9.17) is 11.6 Å². The fraction of sp³-hybridized carbons (Fsp3) is 0. The van der Waals surface area contributed by atoms with E-state index in [0.29, 0.717) is 20.1 Å². The van der Waals surface area contributed by atoms with Gasteiger partial charge in [0.2, 0.25) is 0 Å². The lowest BCUT2D eigenvalue weighted by atomic mass is 10.1. The van der Waals surface area contributed by atoms with Crippen LogP contribution in [0.15, 0.2) is 46.0 Å². The van der Waals surface area contributed by atoms with Crippen molar-refractivity contribution in [3.05, 3.63) is 62.3 Å². The summed E-state index contributed by atoms with van der Waals surface area (Å²) in [4.78, 5) is 33.4. The second-order valence-electron chi connectivity index (χ2n) is 4.74. The number of hydrogen-bond acceptors (Lipinski definition) is 4. The average molecular weight is 330 g/mol. The summed E-state index contributed by atoms with van der Waals surface area (Å²) < 4.78 is 0.457. The van der Waals surface area contributed by atoms with Crippen molar-refractivity contribution >= 4 is 43.4 Å². The average Bonchev–Trinajstić information content (AvgIpc) is 2.86. The summed E-state index contributed by atoms with van der Waals surface area (Å²) >= 11 is 7.44. The van der Waals surface area contributed by atoms with Crippen molar-refractivity contribution < 1.29 is 0 Å². The standard InChI is InChI=1S/C15H8ClN3O2S/c16-9-4-2-1-3-7(9)10-6-5-8-11-12(22-14(8)17-10)13(20)19-15(21)18-11/h1-6H,(H2,18,19,20,21). The first-order chi connectivity index (χ1) is 10.6. The first kappa shape index (κ1) is 13.2. The van der Waals surface area contributed by atoms with Crippen LogP contribution in [-0.4, -0.2) is 15.0 Å². The number of halogens is 1. The van der Waals surface area contributed by atoms with Gasteiger partial charge in [0.25, 0.3) is 5.56 Å². The first-order valence-electron chi connectivity index (χ1n) is 6.44. The Balaban J connectivity index is 2.05. The molecule has 0 saturated heterocycles. The van der Waals surface area contributed by atoms with Crippen LogP contribution < -0.4 is 11.2 Å². The molecule has 1 aromatic carbocycles. The van der Waals surface area contributed by atoms with Gasteiger partial charge in [0.1, 0.15) is 9.53 Å². The number of rotatable bonds is 1. The molecule has 0 fully saturated rings. The quantitative estimate of drug-likeness (QED) is 0.563. The van der Waals surface area contributed by atoms with Crippen LogP contribution in [0.2, 0.25) is 5.02 Å². The van der Waals surface area contributed by atoms with Gasteiger partial charge in [0, 0.05) is 16.0 Å². The van der Waals surface area contributed by atoms with Crippen molar-refractivity contribution in [3.8, 4) is 11.3 Å². The lowest BCUT2D eigenvalue weighted by molar-refractivity contribution is 1.09. The van der Waals surface area contributed by atoms with E-state index in [1.165, 1.54) is 11.3 Å². The van der Waals surface area contributed by atoms with Gasteiger partial charge < -0.3 is 4.98 Å². The number of hydrogen-bond donors (Lipinski definition) is 2. The van der Waals surface area contributed by atoms with Gasteiger partial charge in [-0.25, -0.2) is 9.78 Å². The monoisotopic (exact) mass is 329 g/mol. The zero-order chi connectivity index (χ0) is 15.3. The molecule has 0 unspecified atom stereocenters. The summed E-state index contributed by atoms with van der Waals surface area (Å²) in [6, 6.07) is 11.1. The zero-order valence-electron chi connectivity index (χ0n) is 11.0. The maximum Gasteiger partial charge on any atom is 0.326 e. The minimum Gasteiger partial charge on any atom is -0.305 e. The molecule has 4 rings (SSSR count). The Morgan fingerprint density at radius 2 is 1.86 bits per heavy atom. The SMILES string of the molecule is O=c1[nH]c(=O)c2sc3nc(-c4ccccc4Cl)ccc3c2[nH]1. The predicted octanol–water partition coefficient (Wildman–Crippen LogP) is 3.15. The Kier molecular flexibility index (Phi) is 2.88. The van der Waals surface area contributed by atoms with Crippen LogP contribution in [0.3, 0.4) is 0 Å². The molecule has 3 aromatic heterocycles. The summed E-state index contributed by atoms with van der Waals surface area (Å²) in [5.74, 6) is 0. The Bertz CT molecular complexity index is 1140. The maximum atomic E-state index is 11.9. The van der Waals surface area contributed by atoms with Gasteiger partial charge in [-0.05, 0) is 18.2 Å². The number of fused-ring (bicyclic) bond motifs is 3. The van der Waals surface area contributed by atoms with Crippen LogP contribution in [0, 0.1) is 0 Å². The number of pyridine rings is 1. The van der Waals surface area contributed by atoms with E-state index in [-0.39, 0.29) is 0 Å². The molecule has 22 heavy (non-hydrogen) atoms. The molecule has 0 bridgehead atoms. The largest absolute Gasteiger partial charge is 0.326 e. The second-order valence-corrected chi connectivity index (χ2v) is 6.15. The van der Waals surface area contributed by atoms with Crippen molar-refractivity contribution in [1.82, 2.24) is 15.0 Å². The van der Waals surface area contributed by atoms with Gasteiger partial charge in [-0.15, -0.1) is 11.3 Å². The van der Waals surface area contributed by atoms with Crippen molar-refractivity contribution in [1.29, 1.82) is 0 Å². The molecule has 0 amide bonds. The van der Waals surface area contributed by atoms with Gasteiger partial charge in [-0.3, -0.25) is 9.78 Å². The van der Waals surface area contributed by atoms with E-state index in [9.17, 15) is 9.59 Å². The summed E-state index contributed by atoms with van der Waals surface area (Å²) in [6.45, 7) is 0. The van der Waals surface area contributed by atoms with Gasteiger partial charge in [-0.2, -0.15) is 0 Å². The highest BCUT2D eigenvalue weighted by Crippen LogP contribution is 2.32. The van der Waals surface area contributed by atoms with Crippen molar-refractivity contribution in [2.75, 3.05) is 0 Å². The summed E-state index contributed by atoms with van der Waals surface area (Å²) in [7, 11) is 0. The summed E-state index contributed by atoms with van der Waals surface area (Å²) in [6.07, 6.45) is 0. The number of thiophene rings is 1. The fourth-order valence-corrected chi connectivity index (χ4v) is 3.64. The van der Waals surface area contributed by atoms with E-state index in [2.05, 4.69) is 15.0 Å². The van der Waals surface area contributed by atoms with E-state index in [1.807, 2.05) is 30.3 Å². The second kappa shape index (κ2) is 4.79. The lowest BCUT2D eigenvalue weighted by Crippen LogP contribution is -2.20. The lowest BCUT2D eigenvalue weighted by Gasteiger charge is -2.03. The Morgan fingerprint density at radius 1 is 1.05 bits per heavy atom. The molecule has 5 nitrogen and oxygen atoms in total. The third-order valence-electron chi connectivity index (χ3n) is 3.38. The van der Waals surface area contributed by atoms with Crippen LogP contribution in [-0.2, 0) is 0 Å². The van der Waals surface area contributed by atoms with E-state index in [0.717, 1.165) is 16.6 Å². The van der Waals surface area contributed by atoms with E-state index in [1.54, 1.807) is 6.07 Å². The number of aromatic nitrogens is 3. The number of nitrogens with one attached hydrogen (secondary N) is 2. The molecule has 0 atom stereocenters. The van der Waals surface area contributed by atoms with Crippen molar-refractivity contribution in [3.63, 3.8) is 0 Å². The molecule has 0 aliphatic rings. The minimum absolute atomic E-state index is 0.402. The molecule has 108 valence electrons. The number of H-pyrrole nitrogens is 2. The third kappa shape index (κ3) is 1.96. The number of aromatic amines is 2. The molecule has 3 heterocycles. The highest BCUT2D eigenvalue weighted by atomic mass is 35.5. The third-order valence-corrected chi connectivity index (χ3v) is 4.80. The molecule has 7 heteroatoms. The molecule has 0 saturated carbocycles. The first-order valence-corrected chi connectivity index (χ1v) is 7.64. The molecule has 4 aromatic rings. The van der Waals surface area contributed by atoms with Gasteiger partial charge in [0.05, 0.1) is 11.2 Å². The minimum atomic E-state index is -0.521. The van der Waals surface area contributed by atoms with Gasteiger partial charge in [0.15, 0.2) is 0 Å². The van der Waals surface area contributed by atoms with Crippen molar-refractivity contribution in [2.24, 2.45) is 0 Å². The predicted molar refractivity (Wildman–Crippen MR) is 88.8 cm³/mol. The van der Waals surface area contributed by atoms with Crippen LogP contribution in [0.5, 0.6) is 0 Å². The zero-order valence-corrected chi connectivity index (χ0v) is 12.6. The number of benzene rings is 1. The molecular formula is C15H8ClN3O2S. The highest BCUT2D eigenvalue weighted by molar-refractivity contribution is 7.25. The smallest absolute Gasteiger partial charge is 0.305 e. The maximum absolute atomic E-state index is 11.9. The van der Waals surface area contributed by atoms with E-state index < -0.39 is 11.2 Å². The van der Waals surface area contributed by atoms with Crippen molar-refractivity contribution in [2.45, 2.75) is 0 Å². The highest BCUT2D eigenvalue weighted by Gasteiger charge is 2.12. The Morgan fingerprint density at radius 3 is 2.68 bits per heavy atom. The molecule has 0 spiro atoms. The van der Waals surface area contributed by atoms with Gasteiger partial charge in [-0.1, -0.05) is 29.8 Å². The summed E-state index contributed by atoms with van der Waals surface area (Å²) in [5.41, 5.74) is 1.15. The van der Waals surface area contributed by atoms with Crippen LogP contribution in [0.25, 0.3) is 31.7 Å². The summed E-state index contributed by atoms with van der Waals surface area (Å²) in [5, 5.41) is 1.36. The molecular weight excluding hydrogens is 322 g/mol. The molecule has 2 N–H and O–H groups in total. The molecule has 0 aliphatic heterocycles. The topological polar surface area (TPSA) is 78.6 Å². The van der Waals surface area contributed by atoms with Crippen LogP contribution in [0.4, 0.5) is 0 Å². The molecule has 0 radical (unpaired) electrons. The van der Waals surface area contributed by atoms with Gasteiger partial charge >= 0.3 is 5.69 Å². The molecule has 0 aliphatic carbocycles. The normalized spacial score (nSPS) is 11.3. The fourth-order valence-electron chi connectivity index (χ4n) is 2.39.